The van der Waals surface area contributed by atoms with Crippen molar-refractivity contribution in [2.24, 2.45) is 0 Å². The zero-order valence-electron chi connectivity index (χ0n) is 11.2. The maximum atomic E-state index is 12.0. The first-order chi connectivity index (χ1) is 10.7. The average Bonchev–Trinajstić information content (AvgIpc) is 3.16. The quantitative estimate of drug-likeness (QED) is 0.440. The zero-order valence-corrected chi connectivity index (χ0v) is 11.2. The molecule has 0 unspecified atom stereocenters. The van der Waals surface area contributed by atoms with E-state index in [0.717, 1.165) is 17.0 Å². The van der Waals surface area contributed by atoms with Gasteiger partial charge in [-0.1, -0.05) is 18.2 Å². The van der Waals surface area contributed by atoms with Crippen LogP contribution in [0.4, 0.5) is 0 Å². The van der Waals surface area contributed by atoms with Crippen molar-refractivity contribution in [3.63, 3.8) is 0 Å². The van der Waals surface area contributed by atoms with E-state index < -0.39 is 11.2 Å². The Balaban J connectivity index is 1.95. The zero-order chi connectivity index (χ0) is 15.1. The third-order valence-corrected chi connectivity index (χ3v) is 3.38. The van der Waals surface area contributed by atoms with Crippen LogP contribution >= 0.6 is 0 Å². The van der Waals surface area contributed by atoms with Crippen molar-refractivity contribution < 1.29 is 0 Å². The van der Waals surface area contributed by atoms with Crippen LogP contribution in [0, 0.1) is 0 Å². The largest absolute Gasteiger partial charge is 0.345 e. The van der Waals surface area contributed by atoms with Gasteiger partial charge >= 0.3 is 5.69 Å². The van der Waals surface area contributed by atoms with Gasteiger partial charge in [0.15, 0.2) is 5.65 Å². The van der Waals surface area contributed by atoms with Crippen molar-refractivity contribution in [3.8, 4) is 22.6 Å². The summed E-state index contributed by atoms with van der Waals surface area (Å²) >= 11 is 0. The minimum Gasteiger partial charge on any atom is -0.345 e. The number of nitrogens with zero attached hydrogens (tertiary/aromatic N) is 2. The molecule has 0 saturated carbocycles. The first-order valence-corrected chi connectivity index (χ1v) is 6.53. The smallest absolute Gasteiger partial charge is 0.327 e. The molecular formula is C14H10N6O2. The van der Waals surface area contributed by atoms with Crippen LogP contribution in [0.2, 0.25) is 0 Å². The van der Waals surface area contributed by atoms with Crippen molar-refractivity contribution in [1.29, 1.82) is 0 Å². The molecule has 0 saturated heterocycles. The molecule has 4 rings (SSSR count). The first-order valence-electron chi connectivity index (χ1n) is 6.53. The molecule has 4 aromatic rings. The van der Waals surface area contributed by atoms with Gasteiger partial charge < -0.3 is 4.98 Å². The normalized spacial score (nSPS) is 11.1. The van der Waals surface area contributed by atoms with Gasteiger partial charge in [0.25, 0.3) is 5.56 Å². The predicted octanol–water partition coefficient (Wildman–Crippen LogP) is 0.997. The van der Waals surface area contributed by atoms with Crippen LogP contribution in [0.15, 0.2) is 46.2 Å². The van der Waals surface area contributed by atoms with Gasteiger partial charge in [0.2, 0.25) is 0 Å². The number of hydrogen-bond acceptors (Lipinski definition) is 4. The first kappa shape index (κ1) is 12.3. The van der Waals surface area contributed by atoms with E-state index in [-0.39, 0.29) is 5.65 Å². The highest BCUT2D eigenvalue weighted by molar-refractivity contribution is 5.90. The van der Waals surface area contributed by atoms with Gasteiger partial charge in [0, 0.05) is 23.5 Å². The minimum atomic E-state index is -0.583. The van der Waals surface area contributed by atoms with Crippen LogP contribution in [0.1, 0.15) is 0 Å². The molecule has 8 heteroatoms. The van der Waals surface area contributed by atoms with Gasteiger partial charge in [-0.3, -0.25) is 19.9 Å². The maximum Gasteiger partial charge on any atom is 0.327 e. The summed E-state index contributed by atoms with van der Waals surface area (Å²) in [5, 5.41) is 7.10. The summed E-state index contributed by atoms with van der Waals surface area (Å²) in [6.45, 7) is 0. The lowest BCUT2D eigenvalue weighted by atomic mass is 10.1. The van der Waals surface area contributed by atoms with Crippen molar-refractivity contribution in [2.75, 3.05) is 0 Å². The molecule has 0 aliphatic heterocycles. The van der Waals surface area contributed by atoms with Gasteiger partial charge in [0.1, 0.15) is 11.2 Å². The third-order valence-electron chi connectivity index (χ3n) is 3.38. The Kier molecular flexibility index (Phi) is 2.55. The van der Waals surface area contributed by atoms with E-state index in [1.165, 1.54) is 0 Å². The monoisotopic (exact) mass is 294 g/mol. The highest BCUT2D eigenvalue weighted by Gasteiger charge is 2.13. The number of rotatable bonds is 2. The number of H-pyrrole nitrogens is 4. The molecule has 3 aromatic heterocycles. The fourth-order valence-corrected chi connectivity index (χ4v) is 2.41. The Morgan fingerprint density at radius 1 is 1.05 bits per heavy atom. The number of aromatic nitrogens is 6. The van der Waals surface area contributed by atoms with Gasteiger partial charge in [-0.05, 0) is 6.07 Å². The van der Waals surface area contributed by atoms with Crippen LogP contribution in [-0.4, -0.2) is 30.1 Å². The molecule has 0 aliphatic carbocycles. The molecule has 4 N–H and O–H groups in total. The molecule has 0 radical (unpaired) electrons. The lowest BCUT2D eigenvalue weighted by Crippen LogP contribution is -2.21. The molecule has 0 atom stereocenters. The molecule has 0 amide bonds. The molecule has 0 aliphatic rings. The average molecular weight is 294 g/mol. The molecule has 0 fully saturated rings. The molecule has 8 nitrogen and oxygen atoms in total. The Labute approximate surface area is 122 Å². The summed E-state index contributed by atoms with van der Waals surface area (Å²) in [6, 6.07) is 7.51. The number of imidazole rings is 1. The molecule has 0 bridgehead atoms. The number of hydrogen-bond donors (Lipinski definition) is 4. The van der Waals surface area contributed by atoms with E-state index in [1.54, 1.807) is 12.4 Å². The maximum absolute atomic E-state index is 12.0. The highest BCUT2D eigenvalue weighted by Crippen LogP contribution is 2.26. The second kappa shape index (κ2) is 4.55. The van der Waals surface area contributed by atoms with Crippen LogP contribution in [0.3, 0.4) is 0 Å². The standard InChI is InChI=1S/C14H10N6O2/c21-13-9-10(19-20-12(9)17-14(22)18-13)7-2-1-3-8(6-7)11-15-4-5-16-11/h1-6H,(H,15,16)(H3,17,18,19,20,21,22). The summed E-state index contributed by atoms with van der Waals surface area (Å²) in [6.07, 6.45) is 3.41. The summed E-state index contributed by atoms with van der Waals surface area (Å²) in [7, 11) is 0. The Bertz CT molecular complexity index is 1070. The fraction of sp³-hybridized carbons (Fsp3) is 0. The molecule has 22 heavy (non-hydrogen) atoms. The van der Waals surface area contributed by atoms with Crippen molar-refractivity contribution in [1.82, 2.24) is 30.1 Å². The Morgan fingerprint density at radius 2 is 1.91 bits per heavy atom. The Morgan fingerprint density at radius 3 is 2.73 bits per heavy atom. The van der Waals surface area contributed by atoms with E-state index in [1.807, 2.05) is 24.3 Å². The molecule has 3 heterocycles. The van der Waals surface area contributed by atoms with Gasteiger partial charge in [0.05, 0.1) is 5.69 Å². The van der Waals surface area contributed by atoms with E-state index in [0.29, 0.717) is 11.1 Å². The summed E-state index contributed by atoms with van der Waals surface area (Å²) in [4.78, 5) is 35.2. The summed E-state index contributed by atoms with van der Waals surface area (Å²) in [5.74, 6) is 0.730. The molecule has 108 valence electrons. The topological polar surface area (TPSA) is 123 Å². The second-order valence-electron chi connectivity index (χ2n) is 4.75. The molecule has 0 spiro atoms. The van der Waals surface area contributed by atoms with E-state index in [4.69, 9.17) is 0 Å². The van der Waals surface area contributed by atoms with Crippen LogP contribution < -0.4 is 11.2 Å². The minimum absolute atomic E-state index is 0.229. The van der Waals surface area contributed by atoms with Crippen molar-refractivity contribution in [2.45, 2.75) is 0 Å². The predicted molar refractivity (Wildman–Crippen MR) is 80.4 cm³/mol. The number of aromatic amines is 4. The Hall–Kier alpha value is -3.42. The second-order valence-corrected chi connectivity index (χ2v) is 4.75. The van der Waals surface area contributed by atoms with Crippen molar-refractivity contribution in [3.05, 3.63) is 57.5 Å². The highest BCUT2D eigenvalue weighted by atomic mass is 16.2. The molecule has 1 aromatic carbocycles. The van der Waals surface area contributed by atoms with Gasteiger partial charge in [-0.25, -0.2) is 9.78 Å². The van der Waals surface area contributed by atoms with E-state index >= 15 is 0 Å². The van der Waals surface area contributed by atoms with E-state index in [2.05, 4.69) is 30.1 Å². The fourth-order valence-electron chi connectivity index (χ4n) is 2.41. The van der Waals surface area contributed by atoms with Gasteiger partial charge in [-0.15, -0.1) is 0 Å². The SMILES string of the molecule is O=c1[nH]c(=O)c2c(-c3cccc(-c4ncc[nH]4)c3)[nH]nc2[nH]1. The number of nitrogens with one attached hydrogen (secondary N) is 4. The van der Waals surface area contributed by atoms with Crippen molar-refractivity contribution >= 4 is 11.0 Å². The van der Waals surface area contributed by atoms with Crippen LogP contribution in [0.25, 0.3) is 33.7 Å². The van der Waals surface area contributed by atoms with E-state index in [9.17, 15) is 9.59 Å². The lowest BCUT2D eigenvalue weighted by Gasteiger charge is -2.02. The summed E-state index contributed by atoms with van der Waals surface area (Å²) < 4.78 is 0. The van der Waals surface area contributed by atoms with Crippen LogP contribution in [0.5, 0.6) is 0 Å². The third kappa shape index (κ3) is 1.85. The number of benzene rings is 1. The number of fused-ring (bicyclic) bond motifs is 1. The van der Waals surface area contributed by atoms with Crippen LogP contribution in [-0.2, 0) is 0 Å². The lowest BCUT2D eigenvalue weighted by molar-refractivity contribution is 1.05. The summed E-state index contributed by atoms with van der Waals surface area (Å²) in [5.41, 5.74) is 1.36. The molecular weight excluding hydrogens is 284 g/mol. The van der Waals surface area contributed by atoms with Gasteiger partial charge in [-0.2, -0.15) is 5.10 Å².